The van der Waals surface area contributed by atoms with Crippen LogP contribution < -0.4 is 0 Å². The number of terminal acetylenes is 1. The number of hydrogen-bond donors (Lipinski definition) is 1. The van der Waals surface area contributed by atoms with Gasteiger partial charge in [-0.2, -0.15) is 0 Å². The van der Waals surface area contributed by atoms with Crippen molar-refractivity contribution in [2.45, 2.75) is 57.8 Å². The van der Waals surface area contributed by atoms with Crippen LogP contribution in [0.2, 0.25) is 0 Å². The molecule has 0 radical (unpaired) electrons. The molecule has 2 unspecified atom stereocenters. The minimum atomic E-state index is -0.589. The van der Waals surface area contributed by atoms with Crippen LogP contribution >= 0.6 is 12.4 Å². The molecule has 0 bridgehead atoms. The summed E-state index contributed by atoms with van der Waals surface area (Å²) in [4.78, 5) is 2.33. The topological polar surface area (TPSA) is 32.7 Å². The van der Waals surface area contributed by atoms with E-state index in [0.29, 0.717) is 19.2 Å². The van der Waals surface area contributed by atoms with Crippen LogP contribution in [0.3, 0.4) is 0 Å². The molecule has 106 valence electrons. The summed E-state index contributed by atoms with van der Waals surface area (Å²) < 4.78 is 5.50. The van der Waals surface area contributed by atoms with Crippen LogP contribution in [0.4, 0.5) is 0 Å². The average Bonchev–Trinajstić information content (AvgIpc) is 2.30. The predicted octanol–water partition coefficient (Wildman–Crippen LogP) is 2.07. The fourth-order valence-corrected chi connectivity index (χ4v) is 2.10. The molecule has 0 aromatic heterocycles. The Hall–Kier alpha value is -0.270. The van der Waals surface area contributed by atoms with Gasteiger partial charge in [-0.3, -0.25) is 4.90 Å². The van der Waals surface area contributed by atoms with Crippen LogP contribution in [-0.4, -0.2) is 47.4 Å². The summed E-state index contributed by atoms with van der Waals surface area (Å²) in [6.45, 7) is 7.96. The van der Waals surface area contributed by atoms with Gasteiger partial charge in [-0.15, -0.1) is 18.8 Å². The average molecular weight is 276 g/mol. The molecule has 0 saturated carbocycles. The van der Waals surface area contributed by atoms with Gasteiger partial charge in [0.2, 0.25) is 0 Å². The molecule has 0 amide bonds. The molecule has 0 spiro atoms. The summed E-state index contributed by atoms with van der Waals surface area (Å²) >= 11 is 0. The first-order valence-corrected chi connectivity index (χ1v) is 6.48. The molecule has 4 heteroatoms. The van der Waals surface area contributed by atoms with E-state index in [9.17, 15) is 5.11 Å². The van der Waals surface area contributed by atoms with Gasteiger partial charge in [0, 0.05) is 12.6 Å². The Morgan fingerprint density at radius 2 is 2.17 bits per heavy atom. The lowest BCUT2D eigenvalue weighted by atomic mass is 10.0. The molecule has 1 rings (SSSR count). The predicted molar refractivity (Wildman–Crippen MR) is 77.0 cm³/mol. The molecular formula is C14H26ClNO2. The number of likely N-dealkylation sites (tertiary alicyclic amines) is 1. The normalized spacial score (nSPS) is 22.9. The Labute approximate surface area is 117 Å². The standard InChI is InChI=1S/C14H25NO2.ClH/c1-5-14(3,4)17-11-13(16)10-15-9-7-6-8-12(15)2;/h1,12-13,16H,6-11H2,2-4H3;1H. The van der Waals surface area contributed by atoms with Gasteiger partial charge in [0.1, 0.15) is 5.60 Å². The van der Waals surface area contributed by atoms with Crippen molar-refractivity contribution < 1.29 is 9.84 Å². The molecule has 3 nitrogen and oxygen atoms in total. The molecule has 1 aliphatic rings. The zero-order valence-corrected chi connectivity index (χ0v) is 12.5. The molecule has 0 aromatic rings. The molecule has 1 fully saturated rings. The maximum atomic E-state index is 9.94. The summed E-state index contributed by atoms with van der Waals surface area (Å²) in [5.74, 6) is 2.56. The zero-order chi connectivity index (χ0) is 12.9. The first-order valence-electron chi connectivity index (χ1n) is 6.48. The Bertz CT molecular complexity index is 275. The largest absolute Gasteiger partial charge is 0.389 e. The monoisotopic (exact) mass is 275 g/mol. The van der Waals surface area contributed by atoms with Gasteiger partial charge in [-0.05, 0) is 40.2 Å². The molecule has 1 heterocycles. The Morgan fingerprint density at radius 1 is 1.50 bits per heavy atom. The van der Waals surface area contributed by atoms with E-state index in [1.165, 1.54) is 19.3 Å². The molecular weight excluding hydrogens is 250 g/mol. The highest BCUT2D eigenvalue weighted by atomic mass is 35.5. The fraction of sp³-hybridized carbons (Fsp3) is 0.857. The van der Waals surface area contributed by atoms with Gasteiger partial charge in [0.05, 0.1) is 12.7 Å². The molecule has 18 heavy (non-hydrogen) atoms. The van der Waals surface area contributed by atoms with Crippen molar-refractivity contribution in [2.75, 3.05) is 19.7 Å². The summed E-state index contributed by atoms with van der Waals surface area (Å²) in [7, 11) is 0. The van der Waals surface area contributed by atoms with E-state index in [-0.39, 0.29) is 12.4 Å². The number of aliphatic hydroxyl groups excluding tert-OH is 1. The van der Waals surface area contributed by atoms with Gasteiger partial charge in [-0.1, -0.05) is 12.3 Å². The third-order valence-electron chi connectivity index (χ3n) is 3.37. The minimum Gasteiger partial charge on any atom is -0.389 e. The smallest absolute Gasteiger partial charge is 0.122 e. The van der Waals surface area contributed by atoms with Crippen molar-refractivity contribution in [1.82, 2.24) is 4.90 Å². The number of nitrogens with zero attached hydrogens (tertiary/aromatic N) is 1. The lowest BCUT2D eigenvalue weighted by Crippen LogP contribution is -2.44. The quantitative estimate of drug-likeness (QED) is 0.780. The van der Waals surface area contributed by atoms with Crippen molar-refractivity contribution in [3.05, 3.63) is 0 Å². The van der Waals surface area contributed by atoms with Gasteiger partial charge >= 0.3 is 0 Å². The van der Waals surface area contributed by atoms with E-state index in [2.05, 4.69) is 17.7 Å². The van der Waals surface area contributed by atoms with Crippen molar-refractivity contribution in [3.63, 3.8) is 0 Å². The van der Waals surface area contributed by atoms with Crippen molar-refractivity contribution in [3.8, 4) is 12.3 Å². The first-order chi connectivity index (χ1) is 7.94. The molecule has 2 atom stereocenters. The highest BCUT2D eigenvalue weighted by molar-refractivity contribution is 5.85. The van der Waals surface area contributed by atoms with E-state index < -0.39 is 11.7 Å². The van der Waals surface area contributed by atoms with E-state index in [4.69, 9.17) is 11.2 Å². The van der Waals surface area contributed by atoms with E-state index in [1.54, 1.807) is 0 Å². The van der Waals surface area contributed by atoms with Crippen LogP contribution in [0.15, 0.2) is 0 Å². The van der Waals surface area contributed by atoms with E-state index in [1.807, 2.05) is 13.8 Å². The molecule has 1 saturated heterocycles. The van der Waals surface area contributed by atoms with Crippen LogP contribution in [0.1, 0.15) is 40.0 Å². The van der Waals surface area contributed by atoms with E-state index in [0.717, 1.165) is 6.54 Å². The Morgan fingerprint density at radius 3 is 2.72 bits per heavy atom. The second kappa shape index (κ2) is 8.01. The molecule has 0 aromatic carbocycles. The number of piperidine rings is 1. The van der Waals surface area contributed by atoms with Gasteiger partial charge in [0.15, 0.2) is 0 Å². The van der Waals surface area contributed by atoms with Gasteiger partial charge in [-0.25, -0.2) is 0 Å². The highest BCUT2D eigenvalue weighted by Gasteiger charge is 2.22. The number of rotatable bonds is 5. The number of ether oxygens (including phenoxy) is 1. The van der Waals surface area contributed by atoms with Crippen LogP contribution in [0.5, 0.6) is 0 Å². The second-order valence-corrected chi connectivity index (χ2v) is 5.46. The van der Waals surface area contributed by atoms with Crippen LogP contribution in [-0.2, 0) is 4.74 Å². The number of aliphatic hydroxyl groups is 1. The summed E-state index contributed by atoms with van der Waals surface area (Å²) in [6.07, 6.45) is 8.63. The van der Waals surface area contributed by atoms with Crippen molar-refractivity contribution in [1.29, 1.82) is 0 Å². The summed E-state index contributed by atoms with van der Waals surface area (Å²) in [5.41, 5.74) is -0.589. The number of β-amino-alcohol motifs (C(OH)–C–C–N with tert-alkyl or cyclic N) is 1. The third kappa shape index (κ3) is 6.06. The van der Waals surface area contributed by atoms with Crippen molar-refractivity contribution >= 4 is 12.4 Å². The van der Waals surface area contributed by atoms with Gasteiger partial charge < -0.3 is 9.84 Å². The summed E-state index contributed by atoms with van der Waals surface area (Å²) in [6, 6.07) is 0.569. The molecule has 1 N–H and O–H groups in total. The number of hydrogen-bond acceptors (Lipinski definition) is 3. The second-order valence-electron chi connectivity index (χ2n) is 5.46. The van der Waals surface area contributed by atoms with Gasteiger partial charge in [0.25, 0.3) is 0 Å². The zero-order valence-electron chi connectivity index (χ0n) is 11.7. The first kappa shape index (κ1) is 17.7. The number of halogens is 1. The molecule has 1 aliphatic heterocycles. The third-order valence-corrected chi connectivity index (χ3v) is 3.37. The lowest BCUT2D eigenvalue weighted by Gasteiger charge is -2.35. The van der Waals surface area contributed by atoms with Crippen LogP contribution in [0.25, 0.3) is 0 Å². The summed E-state index contributed by atoms with van der Waals surface area (Å²) in [5, 5.41) is 9.94. The van der Waals surface area contributed by atoms with Crippen molar-refractivity contribution in [2.24, 2.45) is 0 Å². The Balaban J connectivity index is 0.00000289. The fourth-order valence-electron chi connectivity index (χ4n) is 2.10. The SMILES string of the molecule is C#CC(C)(C)OCC(O)CN1CCCCC1C.Cl. The lowest BCUT2D eigenvalue weighted by molar-refractivity contribution is -0.0427. The molecule has 0 aliphatic carbocycles. The van der Waals surface area contributed by atoms with Crippen LogP contribution in [0, 0.1) is 12.3 Å². The Kier molecular flexibility index (Phi) is 7.89. The maximum Gasteiger partial charge on any atom is 0.122 e. The highest BCUT2D eigenvalue weighted by Crippen LogP contribution is 2.17. The maximum absolute atomic E-state index is 9.94. The minimum absolute atomic E-state index is 0. The van der Waals surface area contributed by atoms with E-state index >= 15 is 0 Å².